The molecule has 19 heteroatoms. The smallest absolute Gasteiger partial charge is 0.312 e. The zero-order valence-electron chi connectivity index (χ0n) is 33.0. The Morgan fingerprint density at radius 3 is 1.50 bits per heavy atom. The molecule has 0 aliphatic rings. The van der Waals surface area contributed by atoms with Gasteiger partial charge in [0.05, 0.1) is 106 Å². The number of amides is 5. The van der Waals surface area contributed by atoms with Gasteiger partial charge in [-0.05, 0) is 36.5 Å². The zero-order chi connectivity index (χ0) is 41.1. The number of anilines is 1. The van der Waals surface area contributed by atoms with Crippen molar-refractivity contribution in [2.75, 3.05) is 124 Å². The van der Waals surface area contributed by atoms with E-state index in [1.54, 1.807) is 38.1 Å². The SMILES string of the molecule is CC(C)[C@H](NC(=O)CCOCCOCCOCCOCCOCCOCCOCCOCCN)C(=O)N[C@@H](CCCNC(N)=O)C(=O)Nc1ccc(CCl)cc1. The van der Waals surface area contributed by atoms with Gasteiger partial charge in [0, 0.05) is 31.1 Å². The first-order valence-corrected chi connectivity index (χ1v) is 19.6. The molecule has 8 N–H and O–H groups in total. The van der Waals surface area contributed by atoms with Crippen molar-refractivity contribution in [3.05, 3.63) is 29.8 Å². The van der Waals surface area contributed by atoms with E-state index in [4.69, 9.17) is 61.0 Å². The van der Waals surface area contributed by atoms with E-state index in [1.807, 2.05) is 0 Å². The molecule has 0 aromatic heterocycles. The summed E-state index contributed by atoms with van der Waals surface area (Å²) >= 11 is 5.85. The Kier molecular flexibility index (Phi) is 31.8. The minimum Gasteiger partial charge on any atom is -0.379 e. The van der Waals surface area contributed by atoms with Gasteiger partial charge in [0.15, 0.2) is 0 Å². The fraction of sp³-hybridized carbons (Fsp3) is 0.730. The van der Waals surface area contributed by atoms with Gasteiger partial charge in [-0.25, -0.2) is 4.79 Å². The average Bonchev–Trinajstić information content (AvgIpc) is 3.18. The molecule has 5 amide bonds. The van der Waals surface area contributed by atoms with Crippen LogP contribution >= 0.6 is 11.6 Å². The summed E-state index contributed by atoms with van der Waals surface area (Å²) < 4.78 is 43.4. The molecule has 322 valence electrons. The summed E-state index contributed by atoms with van der Waals surface area (Å²) in [4.78, 5) is 50.2. The summed E-state index contributed by atoms with van der Waals surface area (Å²) in [5, 5.41) is 10.8. The fourth-order valence-electron chi connectivity index (χ4n) is 4.62. The van der Waals surface area contributed by atoms with Crippen LogP contribution in [-0.4, -0.2) is 155 Å². The Bertz CT molecular complexity index is 1170. The first kappa shape index (κ1) is 50.8. The summed E-state index contributed by atoms with van der Waals surface area (Å²) in [6.07, 6.45) is 0.615. The van der Waals surface area contributed by atoms with Crippen LogP contribution in [0.25, 0.3) is 0 Å². The number of urea groups is 1. The van der Waals surface area contributed by atoms with Crippen LogP contribution in [0.2, 0.25) is 0 Å². The molecule has 0 saturated heterocycles. The number of rotatable bonds is 37. The lowest BCUT2D eigenvalue weighted by molar-refractivity contribution is -0.132. The Morgan fingerprint density at radius 2 is 1.09 bits per heavy atom. The third kappa shape index (κ3) is 28.3. The number of ether oxygens (including phenoxy) is 8. The summed E-state index contributed by atoms with van der Waals surface area (Å²) in [6.45, 7) is 11.1. The third-order valence-electron chi connectivity index (χ3n) is 7.58. The second kappa shape index (κ2) is 35.0. The normalized spacial score (nSPS) is 12.3. The molecule has 1 aromatic rings. The lowest BCUT2D eigenvalue weighted by Gasteiger charge is -2.25. The maximum atomic E-state index is 13.3. The van der Waals surface area contributed by atoms with E-state index in [2.05, 4.69) is 21.3 Å². The third-order valence-corrected chi connectivity index (χ3v) is 7.89. The van der Waals surface area contributed by atoms with E-state index in [0.29, 0.717) is 117 Å². The minimum absolute atomic E-state index is 0.0297. The van der Waals surface area contributed by atoms with Crippen LogP contribution in [0.5, 0.6) is 0 Å². The molecule has 56 heavy (non-hydrogen) atoms. The summed E-state index contributed by atoms with van der Waals surface area (Å²) in [7, 11) is 0. The summed E-state index contributed by atoms with van der Waals surface area (Å²) in [6, 6.07) is 4.47. The Balaban J connectivity index is 2.16. The zero-order valence-corrected chi connectivity index (χ0v) is 33.8. The van der Waals surface area contributed by atoms with Crippen molar-refractivity contribution in [2.45, 2.75) is 51.1 Å². The van der Waals surface area contributed by atoms with Gasteiger partial charge in [-0.15, -0.1) is 11.6 Å². The molecule has 1 rings (SSSR count). The topological polar surface area (TPSA) is 242 Å². The molecule has 1 aromatic carbocycles. The van der Waals surface area contributed by atoms with Crippen LogP contribution < -0.4 is 32.7 Å². The van der Waals surface area contributed by atoms with Crippen LogP contribution in [0.1, 0.15) is 38.7 Å². The summed E-state index contributed by atoms with van der Waals surface area (Å²) in [5.74, 6) is -1.27. The number of alkyl halides is 1. The van der Waals surface area contributed by atoms with Gasteiger partial charge in [0.1, 0.15) is 12.1 Å². The van der Waals surface area contributed by atoms with Gasteiger partial charge < -0.3 is 70.6 Å². The number of carbonyl (C=O) groups excluding carboxylic acids is 4. The van der Waals surface area contributed by atoms with Crippen LogP contribution in [0.4, 0.5) is 10.5 Å². The molecule has 0 aliphatic heterocycles. The highest BCUT2D eigenvalue weighted by Crippen LogP contribution is 2.13. The predicted octanol–water partition coefficient (Wildman–Crippen LogP) is 0.920. The summed E-state index contributed by atoms with van der Waals surface area (Å²) in [5.41, 5.74) is 11.9. The Hall–Kier alpha value is -3.17. The Labute approximate surface area is 335 Å². The van der Waals surface area contributed by atoms with Gasteiger partial charge in [-0.1, -0.05) is 26.0 Å². The molecule has 0 radical (unpaired) electrons. The molecule has 0 spiro atoms. The number of nitrogens with one attached hydrogen (secondary N) is 4. The number of halogens is 1. The molecular formula is C37H65ClN6O12. The number of carbonyl (C=O) groups is 4. The van der Waals surface area contributed by atoms with E-state index in [-0.39, 0.29) is 44.4 Å². The first-order valence-electron chi connectivity index (χ1n) is 19.1. The standard InChI is InChI=1S/C37H65ClN6O12/c1-29(2)34(36(47)43-32(4-3-11-41-37(40)48)35(46)42-31-7-5-30(28-38)6-8-31)44-33(45)9-12-49-14-16-51-18-20-53-22-24-55-26-27-56-25-23-54-21-19-52-17-15-50-13-10-39/h5-8,29,32,34H,3-4,9-28,39H2,1-2H3,(H,42,46)(H,43,47)(H,44,45)(H3,40,41,48)/t32-,34-/m0/s1. The number of benzene rings is 1. The van der Waals surface area contributed by atoms with Gasteiger partial charge in [0.25, 0.3) is 0 Å². The monoisotopic (exact) mass is 820 g/mol. The fourth-order valence-corrected chi connectivity index (χ4v) is 4.80. The molecule has 0 saturated carbocycles. The van der Waals surface area contributed by atoms with Crippen LogP contribution in [0.3, 0.4) is 0 Å². The molecule has 18 nitrogen and oxygen atoms in total. The van der Waals surface area contributed by atoms with Gasteiger partial charge in [-0.3, -0.25) is 14.4 Å². The van der Waals surface area contributed by atoms with Crippen molar-refractivity contribution in [3.63, 3.8) is 0 Å². The molecule has 0 fully saturated rings. The highest BCUT2D eigenvalue weighted by Gasteiger charge is 2.28. The van der Waals surface area contributed by atoms with E-state index in [0.717, 1.165) is 5.56 Å². The van der Waals surface area contributed by atoms with Crippen molar-refractivity contribution in [3.8, 4) is 0 Å². The van der Waals surface area contributed by atoms with Crippen molar-refractivity contribution in [2.24, 2.45) is 17.4 Å². The largest absolute Gasteiger partial charge is 0.379 e. The second-order valence-electron chi connectivity index (χ2n) is 12.5. The van der Waals surface area contributed by atoms with Crippen molar-refractivity contribution >= 4 is 41.0 Å². The van der Waals surface area contributed by atoms with Crippen LogP contribution in [0, 0.1) is 5.92 Å². The highest BCUT2D eigenvalue weighted by molar-refractivity contribution is 6.17. The quantitative estimate of drug-likeness (QED) is 0.0405. The van der Waals surface area contributed by atoms with Crippen LogP contribution in [0.15, 0.2) is 24.3 Å². The maximum Gasteiger partial charge on any atom is 0.312 e. The van der Waals surface area contributed by atoms with Crippen molar-refractivity contribution in [1.29, 1.82) is 0 Å². The van der Waals surface area contributed by atoms with E-state index in [1.165, 1.54) is 0 Å². The maximum absolute atomic E-state index is 13.3. The molecule has 0 unspecified atom stereocenters. The molecule has 2 atom stereocenters. The minimum atomic E-state index is -0.942. The van der Waals surface area contributed by atoms with E-state index < -0.39 is 29.9 Å². The average molecular weight is 821 g/mol. The predicted molar refractivity (Wildman–Crippen MR) is 210 cm³/mol. The number of nitrogens with two attached hydrogens (primary N) is 2. The number of hydrogen-bond donors (Lipinski definition) is 6. The van der Waals surface area contributed by atoms with E-state index >= 15 is 0 Å². The number of hydrogen-bond acceptors (Lipinski definition) is 13. The second-order valence-corrected chi connectivity index (χ2v) is 12.8. The lowest BCUT2D eigenvalue weighted by atomic mass is 10.0. The molecule has 0 bridgehead atoms. The Morgan fingerprint density at radius 1 is 0.643 bits per heavy atom. The van der Waals surface area contributed by atoms with Gasteiger partial charge >= 0.3 is 6.03 Å². The van der Waals surface area contributed by atoms with Crippen molar-refractivity contribution < 1.29 is 57.1 Å². The van der Waals surface area contributed by atoms with Crippen molar-refractivity contribution in [1.82, 2.24) is 16.0 Å². The molecule has 0 heterocycles. The molecule has 0 aliphatic carbocycles. The van der Waals surface area contributed by atoms with Gasteiger partial charge in [-0.2, -0.15) is 0 Å². The first-order chi connectivity index (χ1) is 27.2. The molecular weight excluding hydrogens is 756 g/mol. The van der Waals surface area contributed by atoms with Gasteiger partial charge in [0.2, 0.25) is 17.7 Å². The van der Waals surface area contributed by atoms with E-state index in [9.17, 15) is 19.2 Å². The lowest BCUT2D eigenvalue weighted by Crippen LogP contribution is -2.54. The highest BCUT2D eigenvalue weighted by atomic mass is 35.5. The van der Waals surface area contributed by atoms with Crippen LogP contribution in [-0.2, 0) is 58.2 Å². The number of primary amides is 1.